The van der Waals surface area contributed by atoms with Crippen molar-refractivity contribution in [3.63, 3.8) is 0 Å². The lowest BCUT2D eigenvalue weighted by atomic mass is 10.1. The zero-order chi connectivity index (χ0) is 13.9. The molecule has 102 valence electrons. The molecule has 1 aromatic rings. The molecule has 18 heavy (non-hydrogen) atoms. The lowest BCUT2D eigenvalue weighted by Crippen LogP contribution is -2.40. The summed E-state index contributed by atoms with van der Waals surface area (Å²) < 4.78 is 21.0. The average Bonchev–Trinajstić information content (AvgIpc) is 2.27. The predicted octanol–water partition coefficient (Wildman–Crippen LogP) is 3.57. The second-order valence-corrected chi connectivity index (χ2v) is 7.97. The van der Waals surface area contributed by atoms with Gasteiger partial charge in [-0.15, -0.1) is 4.72 Å². The third-order valence-corrected chi connectivity index (χ3v) is 4.82. The van der Waals surface area contributed by atoms with Crippen molar-refractivity contribution in [2.24, 2.45) is 0 Å². The zero-order valence-corrected chi connectivity index (χ0v) is 13.8. The normalized spacial score (nSPS) is 15.3. The molecule has 0 aromatic heterocycles. The van der Waals surface area contributed by atoms with Crippen LogP contribution in [0.5, 0.6) is 5.75 Å². The third-order valence-electron chi connectivity index (χ3n) is 2.52. The molecule has 5 heteroatoms. The van der Waals surface area contributed by atoms with Crippen LogP contribution in [0.3, 0.4) is 0 Å². The van der Waals surface area contributed by atoms with Crippen molar-refractivity contribution in [1.82, 2.24) is 4.72 Å². The van der Waals surface area contributed by atoms with Gasteiger partial charge in [-0.3, -0.25) is 0 Å². The maximum Gasteiger partial charge on any atom is 0.136 e. The summed E-state index contributed by atoms with van der Waals surface area (Å²) in [6.07, 6.45) is 0. The van der Waals surface area contributed by atoms with E-state index >= 15 is 0 Å². The molecule has 0 aliphatic heterocycles. The Hall–Kier alpha value is -0.230. The van der Waals surface area contributed by atoms with Crippen molar-refractivity contribution in [2.45, 2.75) is 38.5 Å². The van der Waals surface area contributed by atoms with Gasteiger partial charge in [-0.1, -0.05) is 6.07 Å². The van der Waals surface area contributed by atoms with Gasteiger partial charge in [-0.2, -0.15) is 0 Å². The Labute approximate surface area is 121 Å². The van der Waals surface area contributed by atoms with Crippen LogP contribution in [0, 0.1) is 0 Å². The van der Waals surface area contributed by atoms with Crippen LogP contribution >= 0.6 is 15.9 Å². The van der Waals surface area contributed by atoms with Gasteiger partial charge >= 0.3 is 0 Å². The Morgan fingerprint density at radius 3 is 2.44 bits per heavy atom. The third kappa shape index (κ3) is 4.16. The first kappa shape index (κ1) is 15.8. The summed E-state index contributed by atoms with van der Waals surface area (Å²) in [4.78, 5) is 0. The number of ether oxygens (including phenoxy) is 1. The highest BCUT2D eigenvalue weighted by Crippen LogP contribution is 2.28. The Balaban J connectivity index is 2.79. The highest BCUT2D eigenvalue weighted by Gasteiger charge is 2.28. The number of nitrogens with one attached hydrogen (secondary N) is 1. The molecule has 0 saturated carbocycles. The van der Waals surface area contributed by atoms with Crippen molar-refractivity contribution in [2.75, 3.05) is 7.11 Å². The number of methoxy groups -OCH3 is 1. The number of halogens is 1. The van der Waals surface area contributed by atoms with Gasteiger partial charge < -0.3 is 9.29 Å². The van der Waals surface area contributed by atoms with Gasteiger partial charge in [0.25, 0.3) is 0 Å². The molecule has 1 aromatic carbocycles. The van der Waals surface area contributed by atoms with Crippen LogP contribution in [0.15, 0.2) is 22.7 Å². The quantitative estimate of drug-likeness (QED) is 0.856. The van der Waals surface area contributed by atoms with Crippen LogP contribution in [0.4, 0.5) is 0 Å². The minimum absolute atomic E-state index is 0.0206. The maximum atomic E-state index is 12.0. The monoisotopic (exact) mass is 333 g/mol. The molecule has 1 rings (SSSR count). The first-order chi connectivity index (χ1) is 8.25. The van der Waals surface area contributed by atoms with Crippen LogP contribution in [-0.2, 0) is 11.4 Å². The van der Waals surface area contributed by atoms with Crippen LogP contribution in [0.25, 0.3) is 0 Å². The standard InChI is InChI=1S/C13H20BrNO2S/c1-9(15-18(16)13(2,3)4)10-6-7-12(17-5)11(14)8-10/h6-9,15H,1-5H3/t9-,18?/m0/s1. The molecule has 0 aliphatic rings. The van der Waals surface area contributed by atoms with E-state index in [1.807, 2.05) is 45.9 Å². The molecule has 0 heterocycles. The minimum Gasteiger partial charge on any atom is -0.598 e. The highest BCUT2D eigenvalue weighted by atomic mass is 79.9. The van der Waals surface area contributed by atoms with Crippen molar-refractivity contribution in [3.05, 3.63) is 28.2 Å². The number of hydrogen-bond donors (Lipinski definition) is 1. The lowest BCUT2D eigenvalue weighted by molar-refractivity contribution is 0.412. The summed E-state index contributed by atoms with van der Waals surface area (Å²) in [6.45, 7) is 7.85. The Morgan fingerprint density at radius 2 is 2.00 bits per heavy atom. The van der Waals surface area contributed by atoms with Gasteiger partial charge in [0.1, 0.15) is 10.5 Å². The van der Waals surface area contributed by atoms with E-state index in [4.69, 9.17) is 4.74 Å². The molecule has 0 radical (unpaired) electrons. The largest absolute Gasteiger partial charge is 0.598 e. The van der Waals surface area contributed by atoms with Crippen molar-refractivity contribution in [3.8, 4) is 5.75 Å². The summed E-state index contributed by atoms with van der Waals surface area (Å²) in [7, 11) is 1.64. The molecule has 3 nitrogen and oxygen atoms in total. The van der Waals surface area contributed by atoms with E-state index in [-0.39, 0.29) is 10.8 Å². The van der Waals surface area contributed by atoms with E-state index in [0.717, 1.165) is 15.8 Å². The Bertz CT molecular complexity index is 406. The smallest absolute Gasteiger partial charge is 0.136 e. The fourth-order valence-corrected chi connectivity index (χ4v) is 2.73. The van der Waals surface area contributed by atoms with E-state index in [0.29, 0.717) is 0 Å². The summed E-state index contributed by atoms with van der Waals surface area (Å²) >= 11 is 2.37. The Morgan fingerprint density at radius 1 is 1.39 bits per heavy atom. The van der Waals surface area contributed by atoms with Crippen molar-refractivity contribution < 1.29 is 9.29 Å². The van der Waals surface area contributed by atoms with Crippen LogP contribution in [0.1, 0.15) is 39.3 Å². The van der Waals surface area contributed by atoms with E-state index in [1.165, 1.54) is 0 Å². The highest BCUT2D eigenvalue weighted by molar-refractivity contribution is 9.10. The molecule has 0 bridgehead atoms. The fraction of sp³-hybridized carbons (Fsp3) is 0.538. The first-order valence-electron chi connectivity index (χ1n) is 5.77. The molecule has 0 fully saturated rings. The van der Waals surface area contributed by atoms with Gasteiger partial charge in [0.05, 0.1) is 17.6 Å². The number of benzene rings is 1. The van der Waals surface area contributed by atoms with Crippen LogP contribution < -0.4 is 9.46 Å². The summed E-state index contributed by atoms with van der Waals surface area (Å²) in [5.74, 6) is 0.794. The number of hydrogen-bond acceptors (Lipinski definition) is 3. The molecule has 0 spiro atoms. The van der Waals surface area contributed by atoms with Gasteiger partial charge in [0.2, 0.25) is 0 Å². The van der Waals surface area contributed by atoms with E-state index in [1.54, 1.807) is 7.11 Å². The number of rotatable bonds is 4. The van der Waals surface area contributed by atoms with Gasteiger partial charge in [-0.05, 0) is 61.3 Å². The summed E-state index contributed by atoms with van der Waals surface area (Å²) in [5, 5.41) is 0. The average molecular weight is 334 g/mol. The van der Waals surface area contributed by atoms with E-state index in [9.17, 15) is 4.55 Å². The SMILES string of the molecule is COc1ccc([C@H](C)N[S+]([O-])C(C)(C)C)cc1Br. The molecule has 2 atom stereocenters. The zero-order valence-electron chi connectivity index (χ0n) is 11.4. The minimum atomic E-state index is -1.08. The fourth-order valence-electron chi connectivity index (χ4n) is 1.36. The van der Waals surface area contributed by atoms with Crippen LogP contribution in [-0.4, -0.2) is 16.4 Å². The van der Waals surface area contributed by atoms with Crippen molar-refractivity contribution >= 4 is 27.3 Å². The molecule has 1 N–H and O–H groups in total. The predicted molar refractivity (Wildman–Crippen MR) is 80.1 cm³/mol. The first-order valence-corrected chi connectivity index (χ1v) is 7.71. The lowest BCUT2D eigenvalue weighted by Gasteiger charge is -2.26. The van der Waals surface area contributed by atoms with Crippen molar-refractivity contribution in [1.29, 1.82) is 0 Å². The second-order valence-electron chi connectivity index (χ2n) is 5.11. The molecular formula is C13H20BrNO2S. The maximum absolute atomic E-state index is 12.0. The van der Waals surface area contributed by atoms with Gasteiger partial charge in [-0.25, -0.2) is 0 Å². The van der Waals surface area contributed by atoms with E-state index < -0.39 is 11.4 Å². The molecule has 0 aliphatic carbocycles. The Kier molecular flexibility index (Phi) is 5.52. The van der Waals surface area contributed by atoms with Crippen LogP contribution in [0.2, 0.25) is 0 Å². The molecule has 1 unspecified atom stereocenters. The second kappa shape index (κ2) is 6.28. The topological polar surface area (TPSA) is 44.3 Å². The molecule has 0 saturated heterocycles. The van der Waals surface area contributed by atoms with E-state index in [2.05, 4.69) is 20.7 Å². The summed E-state index contributed by atoms with van der Waals surface area (Å²) in [6, 6.07) is 5.88. The van der Waals surface area contributed by atoms with Gasteiger partial charge in [0.15, 0.2) is 0 Å². The van der Waals surface area contributed by atoms with Gasteiger partial charge in [0, 0.05) is 11.4 Å². The summed E-state index contributed by atoms with van der Waals surface area (Å²) in [5.41, 5.74) is 1.07. The molecular weight excluding hydrogens is 314 g/mol. The molecule has 0 amide bonds.